The van der Waals surface area contributed by atoms with Crippen LogP contribution in [-0.4, -0.2) is 65.7 Å². The third kappa shape index (κ3) is 36.8. The first-order valence-electron chi connectivity index (χ1n) is 19.0. The molecular formula is C42H65O10P. The van der Waals surface area contributed by atoms with Gasteiger partial charge in [-0.05, 0) is 51.4 Å². The standard InChI is InChI=1S/C42H65O10P/c1-3-5-7-9-11-13-15-17-18-19-20-22-23-25-27-29-31-33-41(45)49-37-40(38-51-53(47,48)50-36-39(44)35-43)52-42(46)34-32-30-28-26-24-21-16-14-12-10-8-6-4-2/h5-20,22-23,39-40,43-44H,3-4,21,24-38H2,1-2H3,(H,47,48)/b7-5+,8-6+,11-9+,12-10+,15-13+,16-14+,18-17+,20-19+,23-22+/t39-,40?/m0/s1. The van der Waals surface area contributed by atoms with Crippen molar-refractivity contribution in [1.82, 2.24) is 0 Å². The van der Waals surface area contributed by atoms with E-state index in [1.165, 1.54) is 0 Å². The molecule has 0 spiro atoms. The van der Waals surface area contributed by atoms with Crippen molar-refractivity contribution >= 4 is 19.8 Å². The van der Waals surface area contributed by atoms with Crippen LogP contribution in [0.25, 0.3) is 0 Å². The Balaban J connectivity index is 4.53. The summed E-state index contributed by atoms with van der Waals surface area (Å²) in [6, 6.07) is 0. The lowest BCUT2D eigenvalue weighted by Gasteiger charge is -2.20. The van der Waals surface area contributed by atoms with Crippen molar-refractivity contribution in [3.05, 3.63) is 109 Å². The molecule has 0 fully saturated rings. The van der Waals surface area contributed by atoms with E-state index in [0.29, 0.717) is 12.8 Å². The lowest BCUT2D eigenvalue weighted by Crippen LogP contribution is -2.29. The second-order valence-electron chi connectivity index (χ2n) is 12.1. The fourth-order valence-corrected chi connectivity index (χ4v) is 5.05. The van der Waals surface area contributed by atoms with E-state index in [1.54, 1.807) is 0 Å². The highest BCUT2D eigenvalue weighted by molar-refractivity contribution is 7.47. The number of aliphatic hydroxyl groups is 2. The Morgan fingerprint density at radius 3 is 1.49 bits per heavy atom. The Kier molecular flexibility index (Phi) is 34.6. The molecule has 0 heterocycles. The SMILES string of the molecule is CC/C=C/C=C/C=C/C=C/C=C/C=C/CCCCCC(=O)OCC(COP(=O)(O)OC[C@@H](O)CO)OC(=O)CCCCCCC/C=C/C=C/C=C/CC. The van der Waals surface area contributed by atoms with Crippen LogP contribution in [0.4, 0.5) is 0 Å². The molecule has 0 aliphatic carbocycles. The van der Waals surface area contributed by atoms with Crippen LogP contribution in [-0.2, 0) is 32.7 Å². The molecule has 10 nitrogen and oxygen atoms in total. The van der Waals surface area contributed by atoms with Gasteiger partial charge in [0.1, 0.15) is 12.7 Å². The van der Waals surface area contributed by atoms with E-state index in [4.69, 9.17) is 19.1 Å². The lowest BCUT2D eigenvalue weighted by molar-refractivity contribution is -0.161. The van der Waals surface area contributed by atoms with Crippen LogP contribution in [0, 0.1) is 0 Å². The predicted octanol–water partition coefficient (Wildman–Crippen LogP) is 9.44. The van der Waals surface area contributed by atoms with Crippen molar-refractivity contribution in [3.63, 3.8) is 0 Å². The third-order valence-electron chi connectivity index (χ3n) is 7.15. The zero-order valence-corrected chi connectivity index (χ0v) is 32.8. The van der Waals surface area contributed by atoms with E-state index in [9.17, 15) is 24.2 Å². The Hall–Kier alpha value is -3.37. The number of aliphatic hydroxyl groups excluding tert-OH is 2. The van der Waals surface area contributed by atoms with Gasteiger partial charge in [-0.25, -0.2) is 4.57 Å². The molecule has 0 radical (unpaired) electrons. The summed E-state index contributed by atoms with van der Waals surface area (Å²) in [6.45, 7) is 1.97. The third-order valence-corrected chi connectivity index (χ3v) is 8.10. The number of phosphoric ester groups is 1. The summed E-state index contributed by atoms with van der Waals surface area (Å²) >= 11 is 0. The van der Waals surface area contributed by atoms with Gasteiger partial charge in [0.15, 0.2) is 6.10 Å². The van der Waals surface area contributed by atoms with Crippen molar-refractivity contribution in [2.45, 2.75) is 116 Å². The molecule has 0 saturated heterocycles. The van der Waals surface area contributed by atoms with Gasteiger partial charge in [-0.15, -0.1) is 0 Å². The largest absolute Gasteiger partial charge is 0.472 e. The van der Waals surface area contributed by atoms with Gasteiger partial charge in [0.25, 0.3) is 0 Å². The highest BCUT2D eigenvalue weighted by Crippen LogP contribution is 2.43. The summed E-state index contributed by atoms with van der Waals surface area (Å²) in [4.78, 5) is 34.8. The second kappa shape index (κ2) is 37.0. The molecule has 0 saturated carbocycles. The van der Waals surface area contributed by atoms with Gasteiger partial charge < -0.3 is 24.6 Å². The van der Waals surface area contributed by atoms with Crippen molar-refractivity contribution in [2.24, 2.45) is 0 Å². The van der Waals surface area contributed by atoms with E-state index >= 15 is 0 Å². The molecule has 0 rings (SSSR count). The summed E-state index contributed by atoms with van der Waals surface area (Å²) in [7, 11) is -4.64. The number of hydrogen-bond donors (Lipinski definition) is 3. The summed E-state index contributed by atoms with van der Waals surface area (Å²) in [5.74, 6) is -1.02. The summed E-state index contributed by atoms with van der Waals surface area (Å²) in [5.41, 5.74) is 0. The molecule has 2 unspecified atom stereocenters. The maximum absolute atomic E-state index is 12.5. The zero-order chi connectivity index (χ0) is 39.1. The molecule has 0 aromatic carbocycles. The average Bonchev–Trinajstić information content (AvgIpc) is 3.14. The fraction of sp³-hybridized carbons (Fsp3) is 0.524. The molecule has 0 aliphatic rings. The van der Waals surface area contributed by atoms with Gasteiger partial charge in [0, 0.05) is 12.8 Å². The number of esters is 2. The minimum atomic E-state index is -4.64. The monoisotopic (exact) mass is 760 g/mol. The molecule has 0 aromatic heterocycles. The first-order chi connectivity index (χ1) is 25.7. The van der Waals surface area contributed by atoms with Gasteiger partial charge in [-0.1, -0.05) is 149 Å². The van der Waals surface area contributed by atoms with Crippen LogP contribution in [0.1, 0.15) is 104 Å². The van der Waals surface area contributed by atoms with Crippen LogP contribution in [0.3, 0.4) is 0 Å². The number of ether oxygens (including phenoxy) is 2. The summed E-state index contributed by atoms with van der Waals surface area (Å²) in [5, 5.41) is 18.3. The fourth-order valence-electron chi connectivity index (χ4n) is 4.26. The van der Waals surface area contributed by atoms with E-state index < -0.39 is 51.8 Å². The minimum absolute atomic E-state index is 0.143. The molecule has 0 aromatic rings. The smallest absolute Gasteiger partial charge is 0.462 e. The van der Waals surface area contributed by atoms with Gasteiger partial charge in [-0.2, -0.15) is 0 Å². The van der Waals surface area contributed by atoms with Gasteiger partial charge in [0.05, 0.1) is 19.8 Å². The average molecular weight is 761 g/mol. The van der Waals surface area contributed by atoms with E-state index in [0.717, 1.165) is 64.2 Å². The molecule has 0 amide bonds. The van der Waals surface area contributed by atoms with Crippen LogP contribution in [0.15, 0.2) is 109 Å². The van der Waals surface area contributed by atoms with Crippen LogP contribution in [0.5, 0.6) is 0 Å². The Labute approximate surface area is 318 Å². The number of carbonyl (C=O) groups excluding carboxylic acids is 2. The number of allylic oxidation sites excluding steroid dienone is 18. The number of rotatable bonds is 33. The second-order valence-corrected chi connectivity index (χ2v) is 13.5. The lowest BCUT2D eigenvalue weighted by atomic mass is 10.1. The van der Waals surface area contributed by atoms with E-state index in [2.05, 4.69) is 42.7 Å². The molecule has 3 N–H and O–H groups in total. The van der Waals surface area contributed by atoms with E-state index in [1.807, 2.05) is 85.1 Å². The number of phosphoric acid groups is 1. The maximum Gasteiger partial charge on any atom is 0.472 e. The minimum Gasteiger partial charge on any atom is -0.462 e. The first kappa shape index (κ1) is 49.6. The number of carbonyl (C=O) groups is 2. The van der Waals surface area contributed by atoms with Crippen molar-refractivity contribution in [3.8, 4) is 0 Å². The number of hydrogen-bond acceptors (Lipinski definition) is 9. The Bertz CT molecular complexity index is 1240. The number of unbranched alkanes of at least 4 members (excludes halogenated alkanes) is 8. The molecule has 0 aliphatic heterocycles. The molecule has 3 atom stereocenters. The maximum atomic E-state index is 12.5. The molecule has 53 heavy (non-hydrogen) atoms. The topological polar surface area (TPSA) is 149 Å². The van der Waals surface area contributed by atoms with Gasteiger partial charge >= 0.3 is 19.8 Å². The van der Waals surface area contributed by atoms with Gasteiger partial charge in [-0.3, -0.25) is 18.6 Å². The highest BCUT2D eigenvalue weighted by atomic mass is 31.2. The first-order valence-corrected chi connectivity index (χ1v) is 20.5. The van der Waals surface area contributed by atoms with Crippen LogP contribution in [0.2, 0.25) is 0 Å². The highest BCUT2D eigenvalue weighted by Gasteiger charge is 2.27. The van der Waals surface area contributed by atoms with E-state index in [-0.39, 0.29) is 19.4 Å². The normalized spacial score (nSPS) is 15.2. The predicted molar refractivity (Wildman–Crippen MR) is 214 cm³/mol. The zero-order valence-electron chi connectivity index (χ0n) is 31.9. The van der Waals surface area contributed by atoms with Crippen molar-refractivity contribution in [2.75, 3.05) is 26.4 Å². The quantitative estimate of drug-likeness (QED) is 0.0256. The van der Waals surface area contributed by atoms with Gasteiger partial charge in [0.2, 0.25) is 0 Å². The molecular weight excluding hydrogens is 695 g/mol. The Morgan fingerprint density at radius 1 is 0.566 bits per heavy atom. The molecule has 11 heteroatoms. The van der Waals surface area contributed by atoms with Crippen molar-refractivity contribution < 1.29 is 47.8 Å². The van der Waals surface area contributed by atoms with Crippen LogP contribution >= 0.6 is 7.82 Å². The molecule has 298 valence electrons. The summed E-state index contributed by atoms with van der Waals surface area (Å²) < 4.78 is 32.5. The van der Waals surface area contributed by atoms with Crippen LogP contribution < -0.4 is 0 Å². The Morgan fingerprint density at radius 2 is 0.981 bits per heavy atom. The summed E-state index contributed by atoms with van der Waals surface area (Å²) in [6.07, 6.45) is 44.9. The molecule has 0 bridgehead atoms. The van der Waals surface area contributed by atoms with Crippen molar-refractivity contribution in [1.29, 1.82) is 0 Å².